The van der Waals surface area contributed by atoms with Crippen LogP contribution in [0.25, 0.3) is 0 Å². The Morgan fingerprint density at radius 1 is 1.44 bits per heavy atom. The van der Waals surface area contributed by atoms with Gasteiger partial charge < -0.3 is 5.32 Å². The van der Waals surface area contributed by atoms with E-state index in [1.807, 2.05) is 0 Å². The van der Waals surface area contributed by atoms with E-state index in [1.54, 1.807) is 0 Å². The molecule has 7 heteroatoms. The van der Waals surface area contributed by atoms with Crippen molar-refractivity contribution in [1.82, 2.24) is 0 Å². The first-order valence-corrected chi connectivity index (χ1v) is 7.00. The largest absolute Gasteiger partial charge is 0.381 e. The third kappa shape index (κ3) is 2.53. The van der Waals surface area contributed by atoms with Crippen LogP contribution in [-0.4, -0.2) is 14.5 Å². The molecule has 4 nitrogen and oxygen atoms in total. The van der Waals surface area contributed by atoms with E-state index < -0.39 is 15.8 Å². The number of sulfonamides is 1. The van der Waals surface area contributed by atoms with Crippen LogP contribution in [0.5, 0.6) is 0 Å². The maximum atomic E-state index is 13.3. The number of hydrogen-bond donors (Lipinski definition) is 2. The van der Waals surface area contributed by atoms with Crippen molar-refractivity contribution in [1.29, 1.82) is 0 Å². The van der Waals surface area contributed by atoms with Gasteiger partial charge >= 0.3 is 0 Å². The molecule has 1 aliphatic carbocycles. The lowest BCUT2D eigenvalue weighted by Crippen LogP contribution is -2.16. The zero-order valence-electron chi connectivity index (χ0n) is 8.20. The summed E-state index contributed by atoms with van der Waals surface area (Å²) >= 11 is 2.93. The number of primary sulfonamides is 1. The molecule has 2 rings (SSSR count). The summed E-state index contributed by atoms with van der Waals surface area (Å²) in [6.45, 7) is 0. The molecule has 0 saturated heterocycles. The molecule has 88 valence electrons. The van der Waals surface area contributed by atoms with Crippen LogP contribution in [0.2, 0.25) is 0 Å². The first-order valence-electron chi connectivity index (χ1n) is 4.66. The van der Waals surface area contributed by atoms with Crippen molar-refractivity contribution in [3.05, 3.63) is 22.4 Å². The predicted octanol–water partition coefficient (Wildman–Crippen LogP) is 1.81. The molecule has 1 saturated carbocycles. The topological polar surface area (TPSA) is 72.2 Å². The average molecular weight is 309 g/mol. The van der Waals surface area contributed by atoms with Crippen molar-refractivity contribution in [2.24, 2.45) is 5.14 Å². The van der Waals surface area contributed by atoms with E-state index in [1.165, 1.54) is 6.07 Å². The van der Waals surface area contributed by atoms with Crippen molar-refractivity contribution in [2.45, 2.75) is 23.8 Å². The van der Waals surface area contributed by atoms with Crippen molar-refractivity contribution in [2.75, 3.05) is 5.32 Å². The number of nitrogens with one attached hydrogen (secondary N) is 1. The summed E-state index contributed by atoms with van der Waals surface area (Å²) in [4.78, 5) is -0.0901. The monoisotopic (exact) mass is 308 g/mol. The number of halogens is 2. The summed E-state index contributed by atoms with van der Waals surface area (Å²) in [5, 5.41) is 8.00. The zero-order valence-corrected chi connectivity index (χ0v) is 10.6. The average Bonchev–Trinajstić information content (AvgIpc) is 2.93. The second-order valence-corrected chi connectivity index (χ2v) is 6.11. The van der Waals surface area contributed by atoms with Crippen LogP contribution in [0, 0.1) is 5.82 Å². The summed E-state index contributed by atoms with van der Waals surface area (Å²) in [5.41, 5.74) is 0.228. The number of nitrogens with two attached hydrogens (primary N) is 1. The SMILES string of the molecule is NS(=O)(=O)c1cc(Br)c(F)cc1NC1CC1. The molecule has 0 amide bonds. The third-order valence-corrected chi connectivity index (χ3v) is 3.82. The molecule has 0 unspecified atom stereocenters. The zero-order chi connectivity index (χ0) is 11.9. The smallest absolute Gasteiger partial charge is 0.240 e. The number of benzene rings is 1. The fourth-order valence-corrected chi connectivity index (χ4v) is 2.53. The quantitative estimate of drug-likeness (QED) is 0.894. The molecular weight excluding hydrogens is 299 g/mol. The number of anilines is 1. The van der Waals surface area contributed by atoms with Gasteiger partial charge in [-0.25, -0.2) is 17.9 Å². The summed E-state index contributed by atoms with van der Waals surface area (Å²) < 4.78 is 36.0. The van der Waals surface area contributed by atoms with Crippen LogP contribution in [0.1, 0.15) is 12.8 Å². The van der Waals surface area contributed by atoms with Crippen molar-refractivity contribution >= 4 is 31.6 Å². The Morgan fingerprint density at radius 3 is 2.56 bits per heavy atom. The highest BCUT2D eigenvalue weighted by Gasteiger charge is 2.25. The van der Waals surface area contributed by atoms with Gasteiger partial charge in [0.15, 0.2) is 0 Å². The Hall–Kier alpha value is -0.660. The Morgan fingerprint density at radius 2 is 2.06 bits per heavy atom. The minimum absolute atomic E-state index is 0.0814. The Balaban J connectivity index is 2.50. The molecule has 0 aliphatic heterocycles. The van der Waals surface area contributed by atoms with E-state index in [9.17, 15) is 12.8 Å². The molecule has 0 bridgehead atoms. The predicted molar refractivity (Wildman–Crippen MR) is 62.1 cm³/mol. The lowest BCUT2D eigenvalue weighted by atomic mass is 10.3. The standard InChI is InChI=1S/C9H10BrFN2O2S/c10-6-3-9(16(12,14)15)8(4-7(6)11)13-5-1-2-5/h3-5,13H,1-2H2,(H2,12,14,15). The third-order valence-electron chi connectivity index (χ3n) is 2.27. The van der Waals surface area contributed by atoms with Crippen LogP contribution < -0.4 is 10.5 Å². The van der Waals surface area contributed by atoms with Gasteiger partial charge in [-0.05, 0) is 40.9 Å². The Kier molecular flexibility index (Phi) is 2.93. The molecule has 0 heterocycles. The molecular formula is C9H10BrFN2O2S. The molecule has 0 spiro atoms. The molecule has 1 aromatic rings. The van der Waals surface area contributed by atoms with Gasteiger partial charge in [0, 0.05) is 6.04 Å². The molecule has 0 radical (unpaired) electrons. The van der Waals surface area contributed by atoms with Gasteiger partial charge in [0.05, 0.1) is 10.2 Å². The van der Waals surface area contributed by atoms with Crippen LogP contribution >= 0.6 is 15.9 Å². The summed E-state index contributed by atoms with van der Waals surface area (Å²) in [7, 11) is -3.85. The number of rotatable bonds is 3. The molecule has 1 fully saturated rings. The Bertz CT molecular complexity index is 529. The second kappa shape index (κ2) is 3.97. The van der Waals surface area contributed by atoms with Gasteiger partial charge in [-0.1, -0.05) is 0 Å². The molecule has 0 atom stereocenters. The highest BCUT2D eigenvalue weighted by molar-refractivity contribution is 9.10. The summed E-state index contributed by atoms with van der Waals surface area (Å²) in [6.07, 6.45) is 1.92. The molecule has 0 aromatic heterocycles. The van der Waals surface area contributed by atoms with Crippen molar-refractivity contribution < 1.29 is 12.8 Å². The van der Waals surface area contributed by atoms with E-state index in [4.69, 9.17) is 5.14 Å². The van der Waals surface area contributed by atoms with Gasteiger partial charge in [-0.3, -0.25) is 0 Å². The van der Waals surface area contributed by atoms with E-state index in [2.05, 4.69) is 21.2 Å². The van der Waals surface area contributed by atoms with Crippen LogP contribution in [-0.2, 0) is 10.0 Å². The van der Waals surface area contributed by atoms with E-state index in [0.29, 0.717) is 0 Å². The van der Waals surface area contributed by atoms with E-state index in [0.717, 1.165) is 18.9 Å². The van der Waals surface area contributed by atoms with Crippen molar-refractivity contribution in [3.8, 4) is 0 Å². The summed E-state index contributed by atoms with van der Waals surface area (Å²) in [5.74, 6) is -0.518. The van der Waals surface area contributed by atoms with E-state index >= 15 is 0 Å². The van der Waals surface area contributed by atoms with Gasteiger partial charge in [0.2, 0.25) is 10.0 Å². The van der Waals surface area contributed by atoms with Crippen molar-refractivity contribution in [3.63, 3.8) is 0 Å². The van der Waals surface area contributed by atoms with E-state index in [-0.39, 0.29) is 21.1 Å². The highest BCUT2D eigenvalue weighted by Crippen LogP contribution is 2.31. The molecule has 1 aliphatic rings. The van der Waals surface area contributed by atoms with Gasteiger partial charge in [0.1, 0.15) is 10.7 Å². The van der Waals surface area contributed by atoms with Gasteiger partial charge in [-0.15, -0.1) is 0 Å². The first kappa shape index (κ1) is 11.8. The van der Waals surface area contributed by atoms with Crippen LogP contribution in [0.3, 0.4) is 0 Å². The van der Waals surface area contributed by atoms with Crippen LogP contribution in [0.15, 0.2) is 21.5 Å². The minimum Gasteiger partial charge on any atom is -0.381 e. The normalized spacial score (nSPS) is 16.2. The highest BCUT2D eigenvalue weighted by atomic mass is 79.9. The lowest BCUT2D eigenvalue weighted by molar-refractivity contribution is 0.596. The second-order valence-electron chi connectivity index (χ2n) is 3.73. The minimum atomic E-state index is -3.85. The van der Waals surface area contributed by atoms with Gasteiger partial charge in [0.25, 0.3) is 0 Å². The molecule has 16 heavy (non-hydrogen) atoms. The van der Waals surface area contributed by atoms with Crippen LogP contribution in [0.4, 0.5) is 10.1 Å². The maximum absolute atomic E-state index is 13.3. The lowest BCUT2D eigenvalue weighted by Gasteiger charge is -2.10. The van der Waals surface area contributed by atoms with Gasteiger partial charge in [-0.2, -0.15) is 0 Å². The molecule has 1 aromatic carbocycles. The fraction of sp³-hybridized carbons (Fsp3) is 0.333. The molecule has 3 N–H and O–H groups in total. The first-order chi connectivity index (χ1) is 7.38. The summed E-state index contributed by atoms with van der Waals surface area (Å²) in [6, 6.07) is 2.54. The fourth-order valence-electron chi connectivity index (χ4n) is 1.32. The Labute approximate surface area is 101 Å². The number of hydrogen-bond acceptors (Lipinski definition) is 3. The maximum Gasteiger partial charge on any atom is 0.240 e.